The molecule has 0 radical (unpaired) electrons. The van der Waals surface area contributed by atoms with Gasteiger partial charge in [0, 0.05) is 17.1 Å². The van der Waals surface area contributed by atoms with Crippen molar-refractivity contribution in [3.63, 3.8) is 0 Å². The maximum Gasteiger partial charge on any atom is 0.264 e. The van der Waals surface area contributed by atoms with Gasteiger partial charge in [-0.05, 0) is 87.2 Å². The van der Waals surface area contributed by atoms with Crippen LogP contribution in [0, 0.1) is 6.92 Å². The van der Waals surface area contributed by atoms with E-state index in [0.29, 0.717) is 24.5 Å². The van der Waals surface area contributed by atoms with Crippen molar-refractivity contribution in [3.05, 3.63) is 88.4 Å². The SMILES string of the molecule is CCOc1ccc(N(CC(=O)N(Cc2cccc(C)c2)[C@H](CC)C(=O)NC2CCCCC2)S(=O)(=O)c2ccc(Br)cc2)cc1. The standard InChI is InChI=1S/C34H42BrN3O5S/c1-4-32(34(40)36-28-12-7-6-8-13-28)37(23-26-11-9-10-25(3)22-26)33(39)24-38(29-16-18-30(19-17-29)43-5-2)44(41,42)31-20-14-27(35)15-21-31/h9-11,14-22,28,32H,4-8,12-13,23-24H2,1-3H3,(H,36,40)/t32-/m1/s1. The van der Waals surface area contributed by atoms with Gasteiger partial charge in [-0.3, -0.25) is 13.9 Å². The summed E-state index contributed by atoms with van der Waals surface area (Å²) in [5.41, 5.74) is 2.22. The number of nitrogens with one attached hydrogen (secondary N) is 1. The molecule has 4 rings (SSSR count). The van der Waals surface area contributed by atoms with Gasteiger partial charge in [-0.2, -0.15) is 0 Å². The monoisotopic (exact) mass is 683 g/mol. The molecule has 1 atom stereocenters. The average Bonchev–Trinajstić information content (AvgIpc) is 3.01. The second kappa shape index (κ2) is 15.6. The van der Waals surface area contributed by atoms with Crippen LogP contribution in [-0.4, -0.2) is 50.4 Å². The number of carbonyl (C=O) groups is 2. The lowest BCUT2D eigenvalue weighted by Gasteiger charge is -2.34. The Kier molecular flexibility index (Phi) is 11.9. The Bertz CT molecular complexity index is 1510. The summed E-state index contributed by atoms with van der Waals surface area (Å²) in [4.78, 5) is 29.6. The summed E-state index contributed by atoms with van der Waals surface area (Å²) in [5.74, 6) is -0.0782. The summed E-state index contributed by atoms with van der Waals surface area (Å²) in [6, 6.07) is 20.1. The quantitative estimate of drug-likeness (QED) is 0.219. The van der Waals surface area contributed by atoms with Crippen LogP contribution in [0.1, 0.15) is 63.5 Å². The molecule has 0 heterocycles. The molecule has 1 N–H and O–H groups in total. The topological polar surface area (TPSA) is 96.0 Å². The highest BCUT2D eigenvalue weighted by Gasteiger charge is 2.34. The number of hydrogen-bond acceptors (Lipinski definition) is 5. The van der Waals surface area contributed by atoms with Crippen LogP contribution in [0.15, 0.2) is 82.2 Å². The fourth-order valence-corrected chi connectivity index (χ4v) is 7.29. The molecule has 0 spiro atoms. The number of amides is 2. The normalized spacial score (nSPS) is 14.5. The minimum Gasteiger partial charge on any atom is -0.494 e. The van der Waals surface area contributed by atoms with E-state index < -0.39 is 28.5 Å². The fraction of sp³-hybridized carbons (Fsp3) is 0.412. The summed E-state index contributed by atoms with van der Waals surface area (Å²) >= 11 is 3.36. The molecule has 10 heteroatoms. The van der Waals surface area contributed by atoms with Crippen molar-refractivity contribution in [2.45, 2.75) is 82.8 Å². The first-order valence-corrected chi connectivity index (χ1v) is 17.5. The zero-order valence-corrected chi connectivity index (χ0v) is 28.1. The molecule has 0 bridgehead atoms. The molecule has 236 valence electrons. The van der Waals surface area contributed by atoms with E-state index in [1.165, 1.54) is 17.0 Å². The predicted molar refractivity (Wildman–Crippen MR) is 177 cm³/mol. The van der Waals surface area contributed by atoms with E-state index in [9.17, 15) is 18.0 Å². The van der Waals surface area contributed by atoms with Crippen molar-refractivity contribution in [2.24, 2.45) is 0 Å². The van der Waals surface area contributed by atoms with Crippen LogP contribution < -0.4 is 14.4 Å². The van der Waals surface area contributed by atoms with Crippen molar-refractivity contribution < 1.29 is 22.7 Å². The van der Waals surface area contributed by atoms with Gasteiger partial charge in [0.1, 0.15) is 18.3 Å². The number of ether oxygens (including phenoxy) is 1. The lowest BCUT2D eigenvalue weighted by molar-refractivity contribution is -0.140. The van der Waals surface area contributed by atoms with Crippen LogP contribution in [0.4, 0.5) is 5.69 Å². The molecular weight excluding hydrogens is 642 g/mol. The maximum atomic E-state index is 14.3. The molecule has 3 aromatic rings. The molecule has 1 fully saturated rings. The molecule has 1 aliphatic rings. The smallest absolute Gasteiger partial charge is 0.264 e. The lowest BCUT2D eigenvalue weighted by atomic mass is 9.95. The molecule has 0 unspecified atom stereocenters. The Labute approximate surface area is 270 Å². The molecule has 0 saturated heterocycles. The first kappa shape index (κ1) is 33.5. The van der Waals surface area contributed by atoms with Crippen molar-refractivity contribution in [3.8, 4) is 5.75 Å². The number of benzene rings is 3. The van der Waals surface area contributed by atoms with Crippen LogP contribution in [0.25, 0.3) is 0 Å². The highest BCUT2D eigenvalue weighted by atomic mass is 79.9. The summed E-state index contributed by atoms with van der Waals surface area (Å²) in [6.45, 7) is 5.88. The molecule has 2 amide bonds. The molecule has 1 aliphatic carbocycles. The van der Waals surface area contributed by atoms with E-state index >= 15 is 0 Å². The Morgan fingerprint density at radius 3 is 2.27 bits per heavy atom. The lowest BCUT2D eigenvalue weighted by Crippen LogP contribution is -2.54. The van der Waals surface area contributed by atoms with E-state index in [1.807, 2.05) is 45.0 Å². The van der Waals surface area contributed by atoms with Crippen LogP contribution in [0.3, 0.4) is 0 Å². The van der Waals surface area contributed by atoms with Gasteiger partial charge in [-0.15, -0.1) is 0 Å². The highest BCUT2D eigenvalue weighted by molar-refractivity contribution is 9.10. The number of sulfonamides is 1. The van der Waals surface area contributed by atoms with Crippen LogP contribution in [0.5, 0.6) is 5.75 Å². The van der Waals surface area contributed by atoms with Gasteiger partial charge in [0.2, 0.25) is 11.8 Å². The zero-order chi connectivity index (χ0) is 31.7. The number of aryl methyl sites for hydroxylation is 1. The van der Waals surface area contributed by atoms with Gasteiger partial charge in [-0.25, -0.2) is 8.42 Å². The van der Waals surface area contributed by atoms with E-state index in [0.717, 1.165) is 52.0 Å². The third-order valence-electron chi connectivity index (χ3n) is 7.89. The molecule has 0 aliphatic heterocycles. The number of anilines is 1. The van der Waals surface area contributed by atoms with E-state index in [4.69, 9.17) is 4.74 Å². The van der Waals surface area contributed by atoms with Gasteiger partial charge >= 0.3 is 0 Å². The second-order valence-corrected chi connectivity index (χ2v) is 13.9. The first-order valence-electron chi connectivity index (χ1n) is 15.3. The van der Waals surface area contributed by atoms with Gasteiger partial charge in [0.25, 0.3) is 10.0 Å². The van der Waals surface area contributed by atoms with Crippen molar-refractivity contribution in [2.75, 3.05) is 17.5 Å². The number of nitrogens with zero attached hydrogens (tertiary/aromatic N) is 2. The Balaban J connectivity index is 1.71. The van der Waals surface area contributed by atoms with E-state index in [1.54, 1.807) is 36.4 Å². The van der Waals surface area contributed by atoms with Crippen molar-refractivity contribution >= 4 is 43.5 Å². The summed E-state index contributed by atoms with van der Waals surface area (Å²) in [6.07, 6.45) is 5.53. The van der Waals surface area contributed by atoms with Crippen molar-refractivity contribution in [1.29, 1.82) is 0 Å². The number of halogens is 1. The van der Waals surface area contributed by atoms with Gasteiger partial charge < -0.3 is 15.0 Å². The molecule has 1 saturated carbocycles. The molecule has 44 heavy (non-hydrogen) atoms. The van der Waals surface area contributed by atoms with Gasteiger partial charge in [0.15, 0.2) is 0 Å². The Hall–Kier alpha value is -3.37. The second-order valence-electron chi connectivity index (χ2n) is 11.2. The van der Waals surface area contributed by atoms with Crippen LogP contribution in [0.2, 0.25) is 0 Å². The predicted octanol–water partition coefficient (Wildman–Crippen LogP) is 6.61. The number of carbonyl (C=O) groups excluding carboxylic acids is 2. The highest BCUT2D eigenvalue weighted by Crippen LogP contribution is 2.28. The number of hydrogen-bond donors (Lipinski definition) is 1. The van der Waals surface area contributed by atoms with Gasteiger partial charge in [-0.1, -0.05) is 71.9 Å². The molecule has 3 aromatic carbocycles. The van der Waals surface area contributed by atoms with Crippen LogP contribution >= 0.6 is 15.9 Å². The third kappa shape index (κ3) is 8.63. The Morgan fingerprint density at radius 2 is 1.66 bits per heavy atom. The minimum absolute atomic E-state index is 0.0506. The summed E-state index contributed by atoms with van der Waals surface area (Å²) < 4.78 is 35.6. The largest absolute Gasteiger partial charge is 0.494 e. The maximum absolute atomic E-state index is 14.3. The molecule has 8 nitrogen and oxygen atoms in total. The molecule has 0 aromatic heterocycles. The first-order chi connectivity index (χ1) is 21.1. The summed E-state index contributed by atoms with van der Waals surface area (Å²) in [5, 5.41) is 3.18. The number of rotatable bonds is 13. The average molecular weight is 685 g/mol. The van der Waals surface area contributed by atoms with E-state index in [2.05, 4.69) is 21.2 Å². The van der Waals surface area contributed by atoms with Gasteiger partial charge in [0.05, 0.1) is 17.2 Å². The molecular formula is C34H42BrN3O5S. The zero-order valence-electron chi connectivity index (χ0n) is 25.7. The van der Waals surface area contributed by atoms with E-state index in [-0.39, 0.29) is 23.4 Å². The minimum atomic E-state index is -4.16. The summed E-state index contributed by atoms with van der Waals surface area (Å²) in [7, 11) is -4.16. The van der Waals surface area contributed by atoms with Crippen molar-refractivity contribution in [1.82, 2.24) is 10.2 Å². The third-order valence-corrected chi connectivity index (χ3v) is 10.2. The Morgan fingerprint density at radius 1 is 0.977 bits per heavy atom. The van der Waals surface area contributed by atoms with Crippen LogP contribution in [-0.2, 0) is 26.2 Å². The fourth-order valence-electron chi connectivity index (χ4n) is 5.61.